The van der Waals surface area contributed by atoms with Gasteiger partial charge in [-0.25, -0.2) is 4.79 Å². The Kier molecular flexibility index (Phi) is 6.77. The van der Waals surface area contributed by atoms with Gasteiger partial charge in [0.05, 0.1) is 0 Å². The van der Waals surface area contributed by atoms with Crippen LogP contribution >= 0.6 is 0 Å². The number of alkyl carbamates (subject to hydrolysis) is 1. The lowest BCUT2D eigenvalue weighted by atomic mass is 10.1. The third-order valence-corrected chi connectivity index (χ3v) is 3.42. The summed E-state index contributed by atoms with van der Waals surface area (Å²) in [5, 5.41) is 2.66. The molecule has 124 valence electrons. The van der Waals surface area contributed by atoms with Crippen LogP contribution in [-0.4, -0.2) is 18.4 Å². The van der Waals surface area contributed by atoms with E-state index >= 15 is 0 Å². The van der Waals surface area contributed by atoms with E-state index in [0.29, 0.717) is 18.5 Å². The van der Waals surface area contributed by atoms with Gasteiger partial charge in [0.15, 0.2) is 5.78 Å². The van der Waals surface area contributed by atoms with Gasteiger partial charge in [0.2, 0.25) is 0 Å². The van der Waals surface area contributed by atoms with Crippen LogP contribution in [0, 0.1) is 0 Å². The summed E-state index contributed by atoms with van der Waals surface area (Å²) in [6.07, 6.45) is 3.71. The number of carbonyl (C=O) groups excluding carboxylic acids is 2. The number of Topliss-reactive ketones (excluding diaryl/α,β-unsaturated/α-hetero) is 1. The fourth-order valence-corrected chi connectivity index (χ4v) is 2.13. The molecule has 24 heavy (non-hydrogen) atoms. The molecule has 2 aromatic carbocycles. The van der Waals surface area contributed by atoms with Crippen molar-refractivity contribution in [2.75, 3.05) is 6.54 Å². The van der Waals surface area contributed by atoms with Crippen molar-refractivity contribution >= 4 is 18.0 Å². The van der Waals surface area contributed by atoms with Gasteiger partial charge < -0.3 is 10.1 Å². The second-order valence-electron chi connectivity index (χ2n) is 5.25. The van der Waals surface area contributed by atoms with Crippen molar-refractivity contribution in [1.82, 2.24) is 5.32 Å². The lowest BCUT2D eigenvalue weighted by molar-refractivity contribution is 0.0988. The standard InChI is InChI=1S/C20H21NO3/c1-2-19(22)18-12-6-10-16(14-18)11-7-13-21-20(23)24-15-17-8-4-3-5-9-17/h3-12,14H,2,13,15H2,1H3,(H,21,23). The van der Waals surface area contributed by atoms with E-state index in [1.807, 2.05) is 73.7 Å². The molecule has 0 unspecified atom stereocenters. The van der Waals surface area contributed by atoms with E-state index in [9.17, 15) is 9.59 Å². The highest BCUT2D eigenvalue weighted by Crippen LogP contribution is 2.09. The number of benzene rings is 2. The smallest absolute Gasteiger partial charge is 0.407 e. The van der Waals surface area contributed by atoms with E-state index in [4.69, 9.17) is 4.74 Å². The molecule has 0 bridgehead atoms. The number of amides is 1. The van der Waals surface area contributed by atoms with Crippen LogP contribution in [0.25, 0.3) is 6.08 Å². The first-order valence-corrected chi connectivity index (χ1v) is 7.93. The average molecular weight is 323 g/mol. The summed E-state index contributed by atoms with van der Waals surface area (Å²) < 4.78 is 5.12. The molecule has 0 atom stereocenters. The second-order valence-corrected chi connectivity index (χ2v) is 5.25. The molecule has 0 saturated heterocycles. The number of ether oxygens (including phenoxy) is 1. The molecule has 4 nitrogen and oxygen atoms in total. The molecule has 2 rings (SSSR count). The Balaban J connectivity index is 1.76. The van der Waals surface area contributed by atoms with Crippen LogP contribution in [0.3, 0.4) is 0 Å². The summed E-state index contributed by atoms with van der Waals surface area (Å²) in [6.45, 7) is 2.45. The van der Waals surface area contributed by atoms with E-state index in [0.717, 1.165) is 11.1 Å². The Bertz CT molecular complexity index is 708. The average Bonchev–Trinajstić information content (AvgIpc) is 2.64. The number of nitrogens with one attached hydrogen (secondary N) is 1. The predicted molar refractivity (Wildman–Crippen MR) is 94.7 cm³/mol. The van der Waals surface area contributed by atoms with E-state index in [-0.39, 0.29) is 12.4 Å². The largest absolute Gasteiger partial charge is 0.445 e. The number of hydrogen-bond donors (Lipinski definition) is 1. The zero-order chi connectivity index (χ0) is 17.2. The fraction of sp³-hybridized carbons (Fsp3) is 0.200. The number of hydrogen-bond acceptors (Lipinski definition) is 3. The quantitative estimate of drug-likeness (QED) is 0.776. The Hall–Kier alpha value is -2.88. The molecule has 0 heterocycles. The maximum Gasteiger partial charge on any atom is 0.407 e. The minimum absolute atomic E-state index is 0.118. The van der Waals surface area contributed by atoms with Crippen molar-refractivity contribution in [1.29, 1.82) is 0 Å². The zero-order valence-corrected chi connectivity index (χ0v) is 13.7. The van der Waals surface area contributed by atoms with Crippen LogP contribution in [0.2, 0.25) is 0 Å². The molecule has 1 N–H and O–H groups in total. The monoisotopic (exact) mass is 323 g/mol. The van der Waals surface area contributed by atoms with Gasteiger partial charge in [-0.1, -0.05) is 67.6 Å². The zero-order valence-electron chi connectivity index (χ0n) is 13.7. The van der Waals surface area contributed by atoms with E-state index < -0.39 is 6.09 Å². The third kappa shape index (κ3) is 5.72. The van der Waals surface area contributed by atoms with Gasteiger partial charge in [0.1, 0.15) is 6.61 Å². The number of ketones is 1. The molecule has 0 spiro atoms. The third-order valence-electron chi connectivity index (χ3n) is 3.42. The van der Waals surface area contributed by atoms with Crippen LogP contribution in [0.5, 0.6) is 0 Å². The highest BCUT2D eigenvalue weighted by molar-refractivity contribution is 5.96. The fourth-order valence-electron chi connectivity index (χ4n) is 2.13. The van der Waals surface area contributed by atoms with E-state index in [2.05, 4.69) is 5.32 Å². The molecule has 0 aliphatic carbocycles. The Morgan fingerprint density at radius 1 is 1.08 bits per heavy atom. The van der Waals surface area contributed by atoms with Crippen LogP contribution < -0.4 is 5.32 Å². The molecule has 0 fully saturated rings. The van der Waals surface area contributed by atoms with Crippen molar-refractivity contribution in [2.45, 2.75) is 20.0 Å². The van der Waals surface area contributed by atoms with Crippen molar-refractivity contribution in [3.63, 3.8) is 0 Å². The van der Waals surface area contributed by atoms with Gasteiger partial charge >= 0.3 is 6.09 Å². The van der Waals surface area contributed by atoms with Crippen LogP contribution in [0.4, 0.5) is 4.79 Å². The molecule has 0 aromatic heterocycles. The summed E-state index contributed by atoms with van der Waals surface area (Å²) >= 11 is 0. The molecule has 0 aliphatic rings. The maximum absolute atomic E-state index is 11.7. The first-order valence-electron chi connectivity index (χ1n) is 7.93. The van der Waals surface area contributed by atoms with E-state index in [1.54, 1.807) is 0 Å². The molecule has 4 heteroatoms. The first-order chi connectivity index (χ1) is 11.7. The van der Waals surface area contributed by atoms with Gasteiger partial charge in [-0.3, -0.25) is 4.79 Å². The van der Waals surface area contributed by atoms with E-state index in [1.165, 1.54) is 0 Å². The highest BCUT2D eigenvalue weighted by Gasteiger charge is 2.02. The Morgan fingerprint density at radius 2 is 1.88 bits per heavy atom. The molecule has 2 aromatic rings. The van der Waals surface area contributed by atoms with Gasteiger partial charge in [0.25, 0.3) is 0 Å². The van der Waals surface area contributed by atoms with Crippen LogP contribution in [-0.2, 0) is 11.3 Å². The summed E-state index contributed by atoms with van der Waals surface area (Å²) in [6, 6.07) is 16.9. The summed E-state index contributed by atoms with van der Waals surface area (Å²) in [5.41, 5.74) is 2.57. The number of carbonyl (C=O) groups is 2. The minimum Gasteiger partial charge on any atom is -0.445 e. The van der Waals surface area contributed by atoms with Gasteiger partial charge in [-0.05, 0) is 17.2 Å². The normalized spacial score (nSPS) is 10.5. The molecule has 0 radical (unpaired) electrons. The highest BCUT2D eigenvalue weighted by atomic mass is 16.5. The molecular formula is C20H21NO3. The van der Waals surface area contributed by atoms with Crippen molar-refractivity contribution in [2.24, 2.45) is 0 Å². The topological polar surface area (TPSA) is 55.4 Å². The van der Waals surface area contributed by atoms with Crippen LogP contribution in [0.1, 0.15) is 34.8 Å². The van der Waals surface area contributed by atoms with Gasteiger partial charge in [-0.2, -0.15) is 0 Å². The summed E-state index contributed by atoms with van der Waals surface area (Å²) in [4.78, 5) is 23.3. The van der Waals surface area contributed by atoms with Gasteiger partial charge in [-0.15, -0.1) is 0 Å². The molecule has 0 saturated carbocycles. The predicted octanol–water partition coefficient (Wildman–Crippen LogP) is 4.22. The molecular weight excluding hydrogens is 302 g/mol. The number of rotatable bonds is 7. The van der Waals surface area contributed by atoms with Crippen molar-refractivity contribution in [3.8, 4) is 0 Å². The maximum atomic E-state index is 11.7. The Labute approximate surface area is 142 Å². The van der Waals surface area contributed by atoms with Gasteiger partial charge in [0, 0.05) is 18.5 Å². The lowest BCUT2D eigenvalue weighted by Gasteiger charge is -2.05. The Morgan fingerprint density at radius 3 is 2.62 bits per heavy atom. The molecule has 1 amide bonds. The second kappa shape index (κ2) is 9.30. The SMILES string of the molecule is CCC(=O)c1cccc(C=CCNC(=O)OCc2ccccc2)c1. The molecule has 0 aliphatic heterocycles. The minimum atomic E-state index is -0.460. The summed E-state index contributed by atoms with van der Waals surface area (Å²) in [5.74, 6) is 0.118. The van der Waals surface area contributed by atoms with Crippen molar-refractivity contribution < 1.29 is 14.3 Å². The van der Waals surface area contributed by atoms with Crippen LogP contribution in [0.15, 0.2) is 60.7 Å². The first kappa shape index (κ1) is 17.5. The lowest BCUT2D eigenvalue weighted by Crippen LogP contribution is -2.24. The van der Waals surface area contributed by atoms with Crippen molar-refractivity contribution in [3.05, 3.63) is 77.4 Å². The summed E-state index contributed by atoms with van der Waals surface area (Å²) in [7, 11) is 0.